The third-order valence-corrected chi connectivity index (χ3v) is 8.26. The molecule has 0 radical (unpaired) electrons. The minimum atomic E-state index is -5.08. The van der Waals surface area contributed by atoms with Gasteiger partial charge in [-0.1, -0.05) is 12.1 Å². The average molecular weight is 600 g/mol. The highest BCUT2D eigenvalue weighted by atomic mass is 32.2. The average Bonchev–Trinajstić information content (AvgIpc) is 3.41. The van der Waals surface area contributed by atoms with E-state index in [-0.39, 0.29) is 21.9 Å². The Kier molecular flexibility index (Phi) is 10.4. The Morgan fingerprint density at radius 2 is 1.54 bits per heavy atom. The van der Waals surface area contributed by atoms with Crippen molar-refractivity contribution < 1.29 is 46.2 Å². The number of carbonyl (C=O) groups excluding carboxylic acids is 1. The second-order valence-corrected chi connectivity index (χ2v) is 11.7. The number of rotatable bonds is 8. The van der Waals surface area contributed by atoms with Crippen molar-refractivity contribution in [3.8, 4) is 0 Å². The van der Waals surface area contributed by atoms with E-state index in [1.54, 1.807) is 6.07 Å². The molecule has 2 heterocycles. The molecule has 2 aliphatic rings. The van der Waals surface area contributed by atoms with Crippen LogP contribution in [0, 0.1) is 5.92 Å². The van der Waals surface area contributed by atoms with Crippen LogP contribution >= 0.6 is 0 Å². The van der Waals surface area contributed by atoms with Crippen molar-refractivity contribution in [2.24, 2.45) is 5.92 Å². The quantitative estimate of drug-likeness (QED) is 0.378. The number of alkyl halides is 3. The van der Waals surface area contributed by atoms with Gasteiger partial charge in [-0.15, -0.1) is 0 Å². The van der Waals surface area contributed by atoms with Crippen molar-refractivity contribution in [1.82, 2.24) is 4.90 Å². The molecule has 1 unspecified atom stereocenters. The van der Waals surface area contributed by atoms with Gasteiger partial charge < -0.3 is 20.0 Å². The van der Waals surface area contributed by atoms with Crippen LogP contribution in [0.5, 0.6) is 0 Å². The van der Waals surface area contributed by atoms with Crippen LogP contribution < -0.4 is 9.62 Å². The van der Waals surface area contributed by atoms with Crippen LogP contribution in [0.25, 0.3) is 0 Å². The van der Waals surface area contributed by atoms with E-state index in [0.717, 1.165) is 45.6 Å². The molecule has 0 amide bonds. The lowest BCUT2D eigenvalue weighted by atomic mass is 9.96. The molecule has 2 aliphatic heterocycles. The summed E-state index contributed by atoms with van der Waals surface area (Å²) in [6, 6.07) is 10.3. The number of hydrogen-bond acceptors (Lipinski definition) is 7. The van der Waals surface area contributed by atoms with Crippen molar-refractivity contribution in [2.45, 2.75) is 43.7 Å². The van der Waals surface area contributed by atoms with Crippen LogP contribution in [0.3, 0.4) is 0 Å². The minimum Gasteiger partial charge on any atom is -0.478 e. The Bertz CT molecular complexity index is 1360. The van der Waals surface area contributed by atoms with Crippen molar-refractivity contribution in [1.29, 1.82) is 0 Å². The maximum absolute atomic E-state index is 13.1. The highest BCUT2D eigenvalue weighted by Gasteiger charge is 2.38. The molecule has 2 aromatic rings. The van der Waals surface area contributed by atoms with Gasteiger partial charge in [-0.2, -0.15) is 13.2 Å². The van der Waals surface area contributed by atoms with Gasteiger partial charge in [-0.25, -0.2) is 18.0 Å². The fourth-order valence-electron chi connectivity index (χ4n) is 4.86. The maximum Gasteiger partial charge on any atom is 0.490 e. The van der Waals surface area contributed by atoms with E-state index >= 15 is 0 Å². The summed E-state index contributed by atoms with van der Waals surface area (Å²) < 4.78 is 60.6. The number of sulfonamides is 1. The number of Topliss-reactive ketones (excluding diaryl/α,β-unsaturated/α-hetero) is 1. The van der Waals surface area contributed by atoms with E-state index in [9.17, 15) is 36.3 Å². The number of nitrogens with zero attached hydrogens (tertiary/aromatic N) is 2. The molecule has 2 fully saturated rings. The number of aliphatic carboxylic acids is 1. The molecule has 2 saturated heterocycles. The molecule has 0 saturated carbocycles. The Labute approximate surface area is 235 Å². The van der Waals surface area contributed by atoms with Crippen molar-refractivity contribution in [2.75, 3.05) is 42.3 Å². The maximum atomic E-state index is 13.1. The van der Waals surface area contributed by atoms with Crippen LogP contribution in [0.1, 0.15) is 53.3 Å². The zero-order valence-electron chi connectivity index (χ0n) is 22.4. The summed E-state index contributed by atoms with van der Waals surface area (Å²) >= 11 is 0. The third-order valence-electron chi connectivity index (χ3n) is 6.88. The van der Waals surface area contributed by atoms with E-state index in [4.69, 9.17) is 9.90 Å². The molecular formula is C27H32F3N3O7S. The number of hydrogen-bond donors (Lipinski definition) is 3. The lowest BCUT2D eigenvalue weighted by molar-refractivity contribution is -0.192. The second kappa shape index (κ2) is 13.3. The van der Waals surface area contributed by atoms with E-state index in [0.29, 0.717) is 17.2 Å². The fourth-order valence-corrected chi connectivity index (χ4v) is 5.93. The summed E-state index contributed by atoms with van der Waals surface area (Å²) in [6.45, 7) is 6.30. The first-order chi connectivity index (χ1) is 19.2. The first-order valence-electron chi connectivity index (χ1n) is 13.0. The number of carbonyl (C=O) groups is 3. The van der Waals surface area contributed by atoms with E-state index < -0.39 is 28.1 Å². The summed E-state index contributed by atoms with van der Waals surface area (Å²) in [4.78, 5) is 36.7. The molecule has 2 aromatic carbocycles. The first-order valence-corrected chi connectivity index (χ1v) is 14.4. The van der Waals surface area contributed by atoms with Gasteiger partial charge >= 0.3 is 18.1 Å². The number of aromatic carboxylic acids is 1. The Hall–Kier alpha value is -3.65. The van der Waals surface area contributed by atoms with E-state index in [2.05, 4.69) is 14.5 Å². The van der Waals surface area contributed by atoms with Crippen LogP contribution in [-0.2, 0) is 14.8 Å². The van der Waals surface area contributed by atoms with Gasteiger partial charge in [0.25, 0.3) is 10.0 Å². The van der Waals surface area contributed by atoms with Crippen molar-refractivity contribution in [3.05, 3.63) is 53.6 Å². The zero-order valence-corrected chi connectivity index (χ0v) is 23.2. The van der Waals surface area contributed by atoms with Gasteiger partial charge in [-0.3, -0.25) is 9.52 Å². The molecule has 0 spiro atoms. The first kappa shape index (κ1) is 31.9. The smallest absolute Gasteiger partial charge is 0.478 e. The largest absolute Gasteiger partial charge is 0.490 e. The summed E-state index contributed by atoms with van der Waals surface area (Å²) in [5.74, 6) is -3.55. The number of benzene rings is 2. The molecule has 1 atom stereocenters. The molecular weight excluding hydrogens is 567 g/mol. The van der Waals surface area contributed by atoms with Gasteiger partial charge in [0.15, 0.2) is 5.78 Å². The molecule has 0 aliphatic carbocycles. The van der Waals surface area contributed by atoms with Crippen LogP contribution in [0.4, 0.5) is 24.5 Å². The zero-order chi connectivity index (χ0) is 30.4. The Morgan fingerprint density at radius 1 is 0.951 bits per heavy atom. The van der Waals surface area contributed by atoms with Gasteiger partial charge in [0, 0.05) is 25.2 Å². The predicted octanol–water partition coefficient (Wildman–Crippen LogP) is 4.33. The molecule has 41 heavy (non-hydrogen) atoms. The molecule has 10 nitrogen and oxygen atoms in total. The number of ketones is 1. The van der Waals surface area contributed by atoms with Gasteiger partial charge in [0.1, 0.15) is 0 Å². The summed E-state index contributed by atoms with van der Waals surface area (Å²) in [5, 5.41) is 16.6. The fraction of sp³-hybridized carbons (Fsp3) is 0.444. The summed E-state index contributed by atoms with van der Waals surface area (Å²) in [6.07, 6.45) is -0.472. The summed E-state index contributed by atoms with van der Waals surface area (Å²) in [7, 11) is -3.98. The number of halogens is 3. The predicted molar refractivity (Wildman–Crippen MR) is 145 cm³/mol. The second-order valence-electron chi connectivity index (χ2n) is 9.99. The highest BCUT2D eigenvalue weighted by molar-refractivity contribution is 7.92. The lowest BCUT2D eigenvalue weighted by Crippen LogP contribution is -2.40. The lowest BCUT2D eigenvalue weighted by Gasteiger charge is -2.37. The van der Waals surface area contributed by atoms with Crippen LogP contribution in [0.2, 0.25) is 0 Å². The number of anilines is 2. The molecule has 3 N–H and O–H groups in total. The van der Waals surface area contributed by atoms with E-state index in [1.165, 1.54) is 56.2 Å². The molecule has 4 rings (SSSR count). The highest BCUT2D eigenvalue weighted by Crippen LogP contribution is 2.33. The number of carboxylic acid groups (broad SMARTS) is 2. The monoisotopic (exact) mass is 599 g/mol. The standard InChI is InChI=1S/C25H31N3O5S.C2HF3O2/c1-18(29)20-6-9-22(10-7-20)34(32,33)26-23-15-21(25(30)31)8-11-24(23)28-14-4-5-19(17-28)16-27-12-2-3-13-27;3-2(4,5)1(6)7/h6-11,15,19,26H,2-5,12-14,16-17H2,1H3,(H,30,31);(H,6,7). The molecule has 0 aromatic heterocycles. The van der Waals surface area contributed by atoms with Gasteiger partial charge in [-0.05, 0) is 81.9 Å². The van der Waals surface area contributed by atoms with Crippen LogP contribution in [0.15, 0.2) is 47.4 Å². The normalized spacial score (nSPS) is 17.9. The number of nitrogens with one attached hydrogen (secondary N) is 1. The number of carboxylic acids is 2. The molecule has 14 heteroatoms. The SMILES string of the molecule is CC(=O)c1ccc(S(=O)(=O)Nc2cc(C(=O)O)ccc2N2CCCC(CN3CCCC3)C2)cc1.O=C(O)C(F)(F)F. The molecule has 0 bridgehead atoms. The van der Waals surface area contributed by atoms with Crippen LogP contribution in [-0.4, -0.2) is 80.2 Å². The third kappa shape index (κ3) is 8.92. The summed E-state index contributed by atoms with van der Waals surface area (Å²) in [5.41, 5.74) is 1.36. The van der Waals surface area contributed by atoms with Crippen molar-refractivity contribution in [3.63, 3.8) is 0 Å². The van der Waals surface area contributed by atoms with Crippen molar-refractivity contribution >= 4 is 39.1 Å². The van der Waals surface area contributed by atoms with E-state index in [1.807, 2.05) is 0 Å². The number of piperidine rings is 1. The Balaban J connectivity index is 0.000000587. The van der Waals surface area contributed by atoms with Gasteiger partial charge in [0.05, 0.1) is 21.8 Å². The minimum absolute atomic E-state index is 0.00901. The topological polar surface area (TPSA) is 144 Å². The Morgan fingerprint density at radius 3 is 2.07 bits per heavy atom. The van der Waals surface area contributed by atoms with Gasteiger partial charge in [0.2, 0.25) is 0 Å². The molecule has 224 valence electrons. The number of likely N-dealkylation sites (tertiary alicyclic amines) is 1.